The lowest BCUT2D eigenvalue weighted by Gasteiger charge is -2.34. The van der Waals surface area contributed by atoms with Crippen molar-refractivity contribution in [2.24, 2.45) is 0 Å². The third kappa shape index (κ3) is 4.58. The van der Waals surface area contributed by atoms with Gasteiger partial charge in [0.25, 0.3) is 0 Å². The molecule has 0 saturated carbocycles. The summed E-state index contributed by atoms with van der Waals surface area (Å²) in [5, 5.41) is 3.30. The van der Waals surface area contributed by atoms with Crippen LogP contribution in [0.4, 0.5) is 0 Å². The minimum absolute atomic E-state index is 0.000628. The third-order valence-corrected chi connectivity index (χ3v) is 6.06. The molecule has 2 rings (SSSR count). The van der Waals surface area contributed by atoms with Crippen molar-refractivity contribution in [3.63, 3.8) is 0 Å². The summed E-state index contributed by atoms with van der Waals surface area (Å²) in [6.45, 7) is 4.07. The Labute approximate surface area is 146 Å². The second-order valence-corrected chi connectivity index (χ2v) is 7.86. The number of carbonyl (C=O) groups is 1. The number of nitrogens with zero attached hydrogens (tertiary/aromatic N) is 1. The molecule has 0 radical (unpaired) electrons. The number of piperazine rings is 1. The first-order valence-corrected chi connectivity index (χ1v) is 9.50. The van der Waals surface area contributed by atoms with Crippen LogP contribution in [0.3, 0.4) is 0 Å². The molecule has 0 spiro atoms. The largest absolute Gasteiger partial charge is 0.337 e. The van der Waals surface area contributed by atoms with Crippen molar-refractivity contribution >= 4 is 39.1 Å². The number of halogens is 2. The van der Waals surface area contributed by atoms with E-state index in [-0.39, 0.29) is 39.9 Å². The van der Waals surface area contributed by atoms with E-state index in [4.69, 9.17) is 23.2 Å². The molecule has 1 aromatic carbocycles. The van der Waals surface area contributed by atoms with E-state index in [1.54, 1.807) is 11.0 Å². The van der Waals surface area contributed by atoms with Gasteiger partial charge in [0.1, 0.15) is 4.90 Å². The molecule has 1 aliphatic heterocycles. The Balaban J connectivity index is 1.96. The fourth-order valence-corrected chi connectivity index (χ4v) is 4.63. The van der Waals surface area contributed by atoms with Gasteiger partial charge in [0.05, 0.1) is 10.0 Å². The molecule has 6 nitrogen and oxygen atoms in total. The van der Waals surface area contributed by atoms with Crippen LogP contribution in [0, 0.1) is 0 Å². The van der Waals surface area contributed by atoms with E-state index in [2.05, 4.69) is 10.0 Å². The molecule has 1 amide bonds. The predicted molar refractivity (Wildman–Crippen MR) is 90.3 cm³/mol. The van der Waals surface area contributed by atoms with Crippen LogP contribution in [0.2, 0.25) is 10.0 Å². The van der Waals surface area contributed by atoms with Gasteiger partial charge >= 0.3 is 0 Å². The van der Waals surface area contributed by atoms with E-state index in [9.17, 15) is 13.2 Å². The van der Waals surface area contributed by atoms with Gasteiger partial charge in [-0.05, 0) is 19.1 Å². The Morgan fingerprint density at radius 3 is 2.65 bits per heavy atom. The first-order valence-electron chi connectivity index (χ1n) is 7.27. The van der Waals surface area contributed by atoms with Crippen LogP contribution in [0.15, 0.2) is 23.1 Å². The van der Waals surface area contributed by atoms with Crippen LogP contribution in [0.5, 0.6) is 0 Å². The van der Waals surface area contributed by atoms with Crippen LogP contribution >= 0.6 is 23.2 Å². The fraction of sp³-hybridized carbons (Fsp3) is 0.500. The van der Waals surface area contributed by atoms with Crippen LogP contribution in [0.1, 0.15) is 13.3 Å². The smallest absolute Gasteiger partial charge is 0.243 e. The Morgan fingerprint density at radius 2 is 2.04 bits per heavy atom. The average Bonchev–Trinajstić information content (AvgIpc) is 2.46. The minimum atomic E-state index is -3.86. The van der Waals surface area contributed by atoms with Crippen molar-refractivity contribution in [1.82, 2.24) is 14.9 Å². The molecule has 2 N–H and O–H groups in total. The van der Waals surface area contributed by atoms with Gasteiger partial charge in [-0.25, -0.2) is 13.1 Å². The number of rotatable bonds is 5. The maximum absolute atomic E-state index is 12.3. The second-order valence-electron chi connectivity index (χ2n) is 5.34. The number of carbonyl (C=O) groups excluding carboxylic acids is 1. The molecule has 0 aliphatic carbocycles. The molecule has 0 bridgehead atoms. The number of hydrogen-bond acceptors (Lipinski definition) is 4. The normalized spacial score (nSPS) is 18.9. The second kappa shape index (κ2) is 7.81. The quantitative estimate of drug-likeness (QED) is 0.811. The lowest BCUT2D eigenvalue weighted by Crippen LogP contribution is -2.52. The summed E-state index contributed by atoms with van der Waals surface area (Å²) < 4.78 is 26.9. The molecule has 23 heavy (non-hydrogen) atoms. The van der Waals surface area contributed by atoms with Crippen molar-refractivity contribution in [2.45, 2.75) is 24.3 Å². The highest BCUT2D eigenvalue weighted by atomic mass is 35.5. The first kappa shape index (κ1) is 18.5. The number of sulfonamides is 1. The van der Waals surface area contributed by atoms with Crippen LogP contribution in [-0.4, -0.2) is 51.4 Å². The van der Waals surface area contributed by atoms with Gasteiger partial charge in [0.15, 0.2) is 0 Å². The summed E-state index contributed by atoms with van der Waals surface area (Å²) >= 11 is 11.8. The molecule has 1 aliphatic rings. The first-order chi connectivity index (χ1) is 10.8. The molecule has 1 atom stereocenters. The topological polar surface area (TPSA) is 78.5 Å². The van der Waals surface area contributed by atoms with Gasteiger partial charge in [-0.15, -0.1) is 0 Å². The summed E-state index contributed by atoms with van der Waals surface area (Å²) in [5.41, 5.74) is 0. The predicted octanol–water partition coefficient (Wildman–Crippen LogP) is 1.48. The van der Waals surface area contributed by atoms with Crippen molar-refractivity contribution in [3.8, 4) is 0 Å². The van der Waals surface area contributed by atoms with Crippen molar-refractivity contribution in [3.05, 3.63) is 28.2 Å². The van der Waals surface area contributed by atoms with Crippen molar-refractivity contribution in [1.29, 1.82) is 0 Å². The van der Waals surface area contributed by atoms with Gasteiger partial charge in [-0.1, -0.05) is 29.3 Å². The summed E-state index contributed by atoms with van der Waals surface area (Å²) in [6, 6.07) is 4.58. The molecule has 0 unspecified atom stereocenters. The van der Waals surface area contributed by atoms with Gasteiger partial charge < -0.3 is 10.2 Å². The SMILES string of the molecule is C[C@H]1CNCCN1C(=O)CCNS(=O)(=O)c1c(Cl)cccc1Cl. The summed E-state index contributed by atoms with van der Waals surface area (Å²) in [5.74, 6) is -0.0769. The van der Waals surface area contributed by atoms with E-state index in [1.165, 1.54) is 12.1 Å². The molecule has 1 heterocycles. The third-order valence-electron chi connectivity index (χ3n) is 3.64. The summed E-state index contributed by atoms with van der Waals surface area (Å²) in [6.07, 6.45) is 0.0889. The van der Waals surface area contributed by atoms with Gasteiger partial charge in [0, 0.05) is 38.6 Å². The maximum Gasteiger partial charge on any atom is 0.243 e. The number of amides is 1. The van der Waals surface area contributed by atoms with Crippen LogP contribution < -0.4 is 10.0 Å². The lowest BCUT2D eigenvalue weighted by atomic mass is 10.2. The standard InChI is InChI=1S/C14H19Cl2N3O3S/c1-10-9-17-7-8-19(10)13(20)5-6-18-23(21,22)14-11(15)3-2-4-12(14)16/h2-4,10,17-18H,5-9H2,1H3/t10-/m0/s1. The molecule has 1 aromatic rings. The van der Waals surface area contributed by atoms with E-state index < -0.39 is 10.0 Å². The molecule has 1 saturated heterocycles. The monoisotopic (exact) mass is 379 g/mol. The minimum Gasteiger partial charge on any atom is -0.337 e. The van der Waals surface area contributed by atoms with Gasteiger partial charge in [-0.2, -0.15) is 0 Å². The highest BCUT2D eigenvalue weighted by Crippen LogP contribution is 2.28. The van der Waals surface area contributed by atoms with E-state index in [0.29, 0.717) is 6.54 Å². The Bertz CT molecular complexity index is 662. The van der Waals surface area contributed by atoms with Crippen LogP contribution in [0.25, 0.3) is 0 Å². The molecule has 0 aromatic heterocycles. The summed E-state index contributed by atoms with van der Waals surface area (Å²) in [7, 11) is -3.86. The van der Waals surface area contributed by atoms with Crippen LogP contribution in [-0.2, 0) is 14.8 Å². The number of benzene rings is 1. The molecular formula is C14H19Cl2N3O3S. The zero-order valence-electron chi connectivity index (χ0n) is 12.7. The van der Waals surface area contributed by atoms with E-state index in [0.717, 1.165) is 13.1 Å². The molecular weight excluding hydrogens is 361 g/mol. The highest BCUT2D eigenvalue weighted by Gasteiger charge is 2.24. The molecule has 9 heteroatoms. The Hall–Kier alpha value is -0.860. The molecule has 128 valence electrons. The van der Waals surface area contributed by atoms with Crippen molar-refractivity contribution in [2.75, 3.05) is 26.2 Å². The maximum atomic E-state index is 12.3. The van der Waals surface area contributed by atoms with E-state index in [1.807, 2.05) is 6.92 Å². The zero-order chi connectivity index (χ0) is 17.0. The number of hydrogen-bond donors (Lipinski definition) is 2. The van der Waals surface area contributed by atoms with Gasteiger partial charge in [-0.3, -0.25) is 4.79 Å². The van der Waals surface area contributed by atoms with Gasteiger partial charge in [0.2, 0.25) is 15.9 Å². The molecule has 1 fully saturated rings. The number of nitrogens with one attached hydrogen (secondary N) is 2. The Morgan fingerprint density at radius 1 is 1.39 bits per heavy atom. The lowest BCUT2D eigenvalue weighted by molar-refractivity contribution is -0.133. The van der Waals surface area contributed by atoms with Crippen molar-refractivity contribution < 1.29 is 13.2 Å². The Kier molecular flexibility index (Phi) is 6.27. The highest BCUT2D eigenvalue weighted by molar-refractivity contribution is 7.89. The zero-order valence-corrected chi connectivity index (χ0v) is 15.0. The summed E-state index contributed by atoms with van der Waals surface area (Å²) in [4.78, 5) is 13.8. The average molecular weight is 380 g/mol. The van der Waals surface area contributed by atoms with E-state index >= 15 is 0 Å². The fourth-order valence-electron chi connectivity index (χ4n) is 2.46.